The highest BCUT2D eigenvalue weighted by Crippen LogP contribution is 2.27. The van der Waals surface area contributed by atoms with Gasteiger partial charge in [0.05, 0.1) is 24.8 Å². The lowest BCUT2D eigenvalue weighted by atomic mass is 9.93. The predicted molar refractivity (Wildman–Crippen MR) is 86.9 cm³/mol. The van der Waals surface area contributed by atoms with E-state index in [-0.39, 0.29) is 17.6 Å². The Morgan fingerprint density at radius 2 is 2.10 bits per heavy atom. The number of ether oxygens (including phenoxy) is 1. The second-order valence-corrected chi connectivity index (χ2v) is 7.20. The molecule has 0 saturated carbocycles. The van der Waals surface area contributed by atoms with E-state index in [1.165, 1.54) is 11.3 Å². The highest BCUT2D eigenvalue weighted by Gasteiger charge is 2.20. The summed E-state index contributed by atoms with van der Waals surface area (Å²) in [4.78, 5) is 17.0. The van der Waals surface area contributed by atoms with Crippen LogP contribution in [0.1, 0.15) is 41.8 Å². The standard InChI is InChI=1S/C16H18ClNO2S/c1-16(2,3)14-9-21-15(18-14)8-12(19)11-7-10(17)5-6-13(11)20-4/h5-7,9H,8H2,1-4H3. The fourth-order valence-electron chi connectivity index (χ4n) is 1.87. The first kappa shape index (κ1) is 16.0. The van der Waals surface area contributed by atoms with Crippen molar-refractivity contribution in [3.8, 4) is 5.75 Å². The van der Waals surface area contributed by atoms with Crippen LogP contribution < -0.4 is 4.74 Å². The normalized spacial score (nSPS) is 11.5. The number of carbonyl (C=O) groups is 1. The van der Waals surface area contributed by atoms with Gasteiger partial charge in [-0.1, -0.05) is 32.4 Å². The summed E-state index contributed by atoms with van der Waals surface area (Å²) in [5.74, 6) is 0.501. The van der Waals surface area contributed by atoms with Crippen LogP contribution in [0, 0.1) is 0 Å². The lowest BCUT2D eigenvalue weighted by molar-refractivity contribution is 0.0990. The lowest BCUT2D eigenvalue weighted by Crippen LogP contribution is -2.12. The van der Waals surface area contributed by atoms with Gasteiger partial charge in [-0.3, -0.25) is 4.79 Å². The average Bonchev–Trinajstić information content (AvgIpc) is 2.87. The van der Waals surface area contributed by atoms with Crippen LogP contribution in [-0.2, 0) is 11.8 Å². The van der Waals surface area contributed by atoms with E-state index in [0.29, 0.717) is 16.3 Å². The van der Waals surface area contributed by atoms with Gasteiger partial charge in [-0.15, -0.1) is 11.3 Å². The van der Waals surface area contributed by atoms with Crippen LogP contribution in [0.2, 0.25) is 5.02 Å². The van der Waals surface area contributed by atoms with Crippen molar-refractivity contribution in [1.82, 2.24) is 4.98 Å². The molecule has 0 radical (unpaired) electrons. The number of carbonyl (C=O) groups excluding carboxylic acids is 1. The Labute approximate surface area is 133 Å². The van der Waals surface area contributed by atoms with Crippen molar-refractivity contribution in [2.75, 3.05) is 7.11 Å². The minimum absolute atomic E-state index is 0.00839. The molecule has 5 heteroatoms. The molecule has 1 aromatic heterocycles. The molecule has 0 aliphatic heterocycles. The number of ketones is 1. The molecule has 0 N–H and O–H groups in total. The van der Waals surface area contributed by atoms with Crippen molar-refractivity contribution in [3.63, 3.8) is 0 Å². The number of thiazole rings is 1. The SMILES string of the molecule is COc1ccc(Cl)cc1C(=O)Cc1nc(C(C)(C)C)cs1. The van der Waals surface area contributed by atoms with Crippen molar-refractivity contribution >= 4 is 28.7 Å². The molecule has 0 amide bonds. The topological polar surface area (TPSA) is 39.2 Å². The van der Waals surface area contributed by atoms with Crippen LogP contribution >= 0.6 is 22.9 Å². The van der Waals surface area contributed by atoms with Crippen molar-refractivity contribution < 1.29 is 9.53 Å². The second-order valence-electron chi connectivity index (χ2n) is 5.82. The Balaban J connectivity index is 2.22. The van der Waals surface area contributed by atoms with Crippen LogP contribution in [0.5, 0.6) is 5.75 Å². The summed E-state index contributed by atoms with van der Waals surface area (Å²) in [5.41, 5.74) is 1.50. The van der Waals surface area contributed by atoms with Crippen LogP contribution in [-0.4, -0.2) is 17.9 Å². The summed E-state index contributed by atoms with van der Waals surface area (Å²) < 4.78 is 5.22. The fourth-order valence-corrected chi connectivity index (χ4v) is 3.06. The molecule has 0 saturated heterocycles. The number of aromatic nitrogens is 1. The molecule has 2 aromatic rings. The average molecular weight is 324 g/mol. The highest BCUT2D eigenvalue weighted by molar-refractivity contribution is 7.09. The van der Waals surface area contributed by atoms with Crippen molar-refractivity contribution in [2.45, 2.75) is 32.6 Å². The third-order valence-electron chi connectivity index (χ3n) is 3.09. The molecule has 0 spiro atoms. The number of Topliss-reactive ketones (excluding diaryl/α,β-unsaturated/α-hetero) is 1. The monoisotopic (exact) mass is 323 g/mol. The van der Waals surface area contributed by atoms with E-state index < -0.39 is 0 Å². The molecule has 1 aromatic carbocycles. The van der Waals surface area contributed by atoms with Gasteiger partial charge >= 0.3 is 0 Å². The van der Waals surface area contributed by atoms with Gasteiger partial charge < -0.3 is 4.74 Å². The first-order valence-electron chi connectivity index (χ1n) is 6.63. The molecule has 2 rings (SSSR count). The molecule has 112 valence electrons. The van der Waals surface area contributed by atoms with Gasteiger partial charge in [0.2, 0.25) is 0 Å². The Hall–Kier alpha value is -1.39. The van der Waals surface area contributed by atoms with E-state index in [2.05, 4.69) is 25.8 Å². The van der Waals surface area contributed by atoms with Gasteiger partial charge in [0.15, 0.2) is 5.78 Å². The summed E-state index contributed by atoms with van der Waals surface area (Å²) in [7, 11) is 1.54. The van der Waals surface area contributed by atoms with E-state index >= 15 is 0 Å². The zero-order valence-electron chi connectivity index (χ0n) is 12.6. The summed E-state index contributed by atoms with van der Waals surface area (Å²) in [6.45, 7) is 6.31. The Bertz CT molecular complexity index is 659. The number of methoxy groups -OCH3 is 1. The molecule has 0 aliphatic rings. The number of hydrogen-bond acceptors (Lipinski definition) is 4. The number of nitrogens with zero attached hydrogens (tertiary/aromatic N) is 1. The molecular formula is C16H18ClNO2S. The largest absolute Gasteiger partial charge is 0.496 e. The van der Waals surface area contributed by atoms with Crippen LogP contribution in [0.4, 0.5) is 0 Å². The van der Waals surface area contributed by atoms with Crippen molar-refractivity contribution in [1.29, 1.82) is 0 Å². The summed E-state index contributed by atoms with van der Waals surface area (Å²) >= 11 is 7.48. The Kier molecular flexibility index (Phi) is 4.69. The van der Waals surface area contributed by atoms with Gasteiger partial charge in [-0.05, 0) is 18.2 Å². The molecule has 21 heavy (non-hydrogen) atoms. The number of rotatable bonds is 4. The molecule has 3 nitrogen and oxygen atoms in total. The first-order valence-corrected chi connectivity index (χ1v) is 7.88. The quantitative estimate of drug-likeness (QED) is 0.776. The summed E-state index contributed by atoms with van der Waals surface area (Å²) in [6, 6.07) is 5.05. The van der Waals surface area contributed by atoms with Crippen LogP contribution in [0.25, 0.3) is 0 Å². The van der Waals surface area contributed by atoms with E-state index in [4.69, 9.17) is 16.3 Å². The maximum atomic E-state index is 12.4. The van der Waals surface area contributed by atoms with Crippen molar-refractivity contribution in [2.24, 2.45) is 0 Å². The number of halogens is 1. The molecule has 0 bridgehead atoms. The lowest BCUT2D eigenvalue weighted by Gasteiger charge is -2.14. The van der Waals surface area contributed by atoms with Crippen LogP contribution in [0.15, 0.2) is 23.6 Å². The minimum atomic E-state index is -0.0378. The Morgan fingerprint density at radius 3 is 2.67 bits per heavy atom. The third kappa shape index (κ3) is 3.83. The van der Waals surface area contributed by atoms with E-state index in [0.717, 1.165) is 10.7 Å². The van der Waals surface area contributed by atoms with E-state index in [9.17, 15) is 4.79 Å². The number of benzene rings is 1. The zero-order valence-corrected chi connectivity index (χ0v) is 14.1. The maximum absolute atomic E-state index is 12.4. The van der Waals surface area contributed by atoms with Gasteiger partial charge in [0.1, 0.15) is 10.8 Å². The molecular weight excluding hydrogens is 306 g/mol. The first-order chi connectivity index (χ1) is 9.81. The molecule has 0 unspecified atom stereocenters. The minimum Gasteiger partial charge on any atom is -0.496 e. The molecule has 1 heterocycles. The molecule has 0 atom stereocenters. The summed E-state index contributed by atoms with van der Waals surface area (Å²) in [6.07, 6.45) is 0.261. The van der Waals surface area contributed by atoms with Crippen molar-refractivity contribution in [3.05, 3.63) is 44.9 Å². The smallest absolute Gasteiger partial charge is 0.173 e. The second kappa shape index (κ2) is 6.16. The molecule has 0 aliphatic carbocycles. The Morgan fingerprint density at radius 1 is 1.38 bits per heavy atom. The van der Waals surface area contributed by atoms with E-state index in [1.807, 2.05) is 5.38 Å². The predicted octanol–water partition coefficient (Wildman–Crippen LogP) is 4.53. The number of hydrogen-bond donors (Lipinski definition) is 0. The highest BCUT2D eigenvalue weighted by atomic mass is 35.5. The van der Waals surface area contributed by atoms with Gasteiger partial charge in [-0.25, -0.2) is 4.98 Å². The van der Waals surface area contributed by atoms with Crippen LogP contribution in [0.3, 0.4) is 0 Å². The fraction of sp³-hybridized carbons (Fsp3) is 0.375. The zero-order chi connectivity index (χ0) is 15.6. The van der Waals surface area contributed by atoms with Gasteiger partial charge in [-0.2, -0.15) is 0 Å². The summed E-state index contributed by atoms with van der Waals surface area (Å²) in [5, 5.41) is 3.35. The third-order valence-corrected chi connectivity index (χ3v) is 4.18. The van der Waals surface area contributed by atoms with Gasteiger partial charge in [0.25, 0.3) is 0 Å². The van der Waals surface area contributed by atoms with E-state index in [1.54, 1.807) is 25.3 Å². The van der Waals surface area contributed by atoms with Gasteiger partial charge in [0, 0.05) is 15.8 Å². The maximum Gasteiger partial charge on any atom is 0.173 e. The molecule has 0 fully saturated rings.